The number of carbonyl (C=O) groups is 1. The Kier molecular flexibility index (Phi) is 7.23. The van der Waals surface area contributed by atoms with Crippen LogP contribution in [-0.4, -0.2) is 42.9 Å². The fourth-order valence-corrected chi connectivity index (χ4v) is 2.09. The standard InChI is InChI=1S/C16H34N2O/c1-15(2,3)14(19)13(17-16(4,5)6)11-9-10-12-18(7)8/h13,17H,9-12H2,1-8H3. The second-order valence-corrected chi connectivity index (χ2v) is 7.86. The highest BCUT2D eigenvalue weighted by Crippen LogP contribution is 2.21. The van der Waals surface area contributed by atoms with Crippen LogP contribution < -0.4 is 5.32 Å². The predicted octanol–water partition coefficient (Wildman–Crippen LogP) is 3.09. The highest BCUT2D eigenvalue weighted by Gasteiger charge is 2.31. The van der Waals surface area contributed by atoms with Crippen molar-refractivity contribution >= 4 is 5.78 Å². The van der Waals surface area contributed by atoms with E-state index < -0.39 is 0 Å². The molecule has 1 atom stereocenters. The summed E-state index contributed by atoms with van der Waals surface area (Å²) in [5, 5.41) is 3.49. The number of nitrogens with one attached hydrogen (secondary N) is 1. The maximum absolute atomic E-state index is 12.5. The molecule has 0 aliphatic carbocycles. The van der Waals surface area contributed by atoms with Crippen molar-refractivity contribution in [2.75, 3.05) is 20.6 Å². The second-order valence-electron chi connectivity index (χ2n) is 7.86. The number of unbranched alkanes of at least 4 members (excludes halogenated alkanes) is 1. The molecule has 1 unspecified atom stereocenters. The first-order chi connectivity index (χ1) is 8.43. The summed E-state index contributed by atoms with van der Waals surface area (Å²) < 4.78 is 0. The van der Waals surface area contributed by atoms with E-state index in [1.54, 1.807) is 0 Å². The minimum atomic E-state index is -0.273. The van der Waals surface area contributed by atoms with Gasteiger partial charge < -0.3 is 10.2 Å². The van der Waals surface area contributed by atoms with E-state index in [9.17, 15) is 4.79 Å². The Morgan fingerprint density at radius 2 is 1.58 bits per heavy atom. The number of nitrogens with zero attached hydrogens (tertiary/aromatic N) is 1. The van der Waals surface area contributed by atoms with E-state index in [0.29, 0.717) is 5.78 Å². The summed E-state index contributed by atoms with van der Waals surface area (Å²) in [6, 6.07) is -0.0258. The van der Waals surface area contributed by atoms with E-state index in [1.807, 2.05) is 20.8 Å². The third kappa shape index (κ3) is 9.17. The van der Waals surface area contributed by atoms with Crippen molar-refractivity contribution < 1.29 is 4.79 Å². The molecule has 0 spiro atoms. The van der Waals surface area contributed by atoms with Crippen LogP contribution in [0.4, 0.5) is 0 Å². The van der Waals surface area contributed by atoms with E-state index in [2.05, 4.69) is 45.1 Å². The summed E-state index contributed by atoms with van der Waals surface area (Å²) in [4.78, 5) is 14.7. The first kappa shape index (κ1) is 18.6. The van der Waals surface area contributed by atoms with Crippen LogP contribution >= 0.6 is 0 Å². The van der Waals surface area contributed by atoms with Crippen molar-refractivity contribution in [3.8, 4) is 0 Å². The molecule has 0 aliphatic heterocycles. The highest BCUT2D eigenvalue weighted by atomic mass is 16.1. The third-order valence-corrected chi connectivity index (χ3v) is 3.01. The summed E-state index contributed by atoms with van der Waals surface area (Å²) in [6.07, 6.45) is 3.17. The molecular formula is C16H34N2O. The molecule has 0 saturated heterocycles. The Labute approximate surface area is 120 Å². The number of Topliss-reactive ketones (excluding diaryl/α,β-unsaturated/α-hetero) is 1. The lowest BCUT2D eigenvalue weighted by Gasteiger charge is -2.32. The van der Waals surface area contributed by atoms with Crippen LogP contribution in [0.5, 0.6) is 0 Å². The Hall–Kier alpha value is -0.410. The molecule has 1 N–H and O–H groups in total. The van der Waals surface area contributed by atoms with E-state index in [0.717, 1.165) is 25.8 Å². The van der Waals surface area contributed by atoms with Crippen LogP contribution in [0.3, 0.4) is 0 Å². The number of rotatable bonds is 7. The topological polar surface area (TPSA) is 32.3 Å². The molecule has 0 bridgehead atoms. The van der Waals surface area contributed by atoms with Crippen LogP contribution in [0.15, 0.2) is 0 Å². The fraction of sp³-hybridized carbons (Fsp3) is 0.938. The molecule has 19 heavy (non-hydrogen) atoms. The van der Waals surface area contributed by atoms with Gasteiger partial charge in [0.25, 0.3) is 0 Å². The summed E-state index contributed by atoms with van der Waals surface area (Å²) in [5.41, 5.74) is -0.294. The zero-order valence-electron chi connectivity index (χ0n) is 14.3. The lowest BCUT2D eigenvalue weighted by molar-refractivity contribution is -0.129. The maximum Gasteiger partial charge on any atom is 0.155 e. The first-order valence-corrected chi connectivity index (χ1v) is 7.40. The molecular weight excluding hydrogens is 236 g/mol. The SMILES string of the molecule is CN(C)CCCCC(NC(C)(C)C)C(=O)C(C)(C)C. The number of carbonyl (C=O) groups excluding carboxylic acids is 1. The molecule has 0 heterocycles. The number of ketones is 1. The monoisotopic (exact) mass is 270 g/mol. The van der Waals surface area contributed by atoms with Gasteiger partial charge in [-0.05, 0) is 54.3 Å². The lowest BCUT2D eigenvalue weighted by Crippen LogP contribution is -2.50. The Balaban J connectivity index is 4.48. The van der Waals surface area contributed by atoms with Gasteiger partial charge in [-0.15, -0.1) is 0 Å². The molecule has 0 rings (SSSR count). The summed E-state index contributed by atoms with van der Waals surface area (Å²) in [5.74, 6) is 0.326. The summed E-state index contributed by atoms with van der Waals surface area (Å²) in [7, 11) is 4.18. The van der Waals surface area contributed by atoms with E-state index in [-0.39, 0.29) is 17.0 Å². The Morgan fingerprint density at radius 1 is 1.05 bits per heavy atom. The Bertz CT molecular complexity index is 271. The summed E-state index contributed by atoms with van der Waals surface area (Å²) in [6.45, 7) is 13.5. The quantitative estimate of drug-likeness (QED) is 0.722. The largest absolute Gasteiger partial charge is 0.309 e. The third-order valence-electron chi connectivity index (χ3n) is 3.01. The predicted molar refractivity (Wildman–Crippen MR) is 83.5 cm³/mol. The Morgan fingerprint density at radius 3 is 1.95 bits per heavy atom. The smallest absolute Gasteiger partial charge is 0.155 e. The molecule has 0 amide bonds. The molecule has 114 valence electrons. The van der Waals surface area contributed by atoms with Crippen molar-refractivity contribution in [3.05, 3.63) is 0 Å². The molecule has 0 aliphatic rings. The van der Waals surface area contributed by atoms with Crippen molar-refractivity contribution in [1.82, 2.24) is 10.2 Å². The van der Waals surface area contributed by atoms with Crippen molar-refractivity contribution in [3.63, 3.8) is 0 Å². The van der Waals surface area contributed by atoms with Crippen LogP contribution in [-0.2, 0) is 4.79 Å². The molecule has 0 aromatic heterocycles. The van der Waals surface area contributed by atoms with Gasteiger partial charge in [0, 0.05) is 11.0 Å². The second kappa shape index (κ2) is 7.39. The van der Waals surface area contributed by atoms with Crippen LogP contribution in [0.1, 0.15) is 60.8 Å². The fourth-order valence-electron chi connectivity index (χ4n) is 2.09. The first-order valence-electron chi connectivity index (χ1n) is 7.40. The van der Waals surface area contributed by atoms with Gasteiger partial charge in [-0.25, -0.2) is 0 Å². The van der Waals surface area contributed by atoms with E-state index in [4.69, 9.17) is 0 Å². The average molecular weight is 270 g/mol. The number of hydrogen-bond acceptors (Lipinski definition) is 3. The van der Waals surface area contributed by atoms with Gasteiger partial charge >= 0.3 is 0 Å². The minimum absolute atomic E-state index is 0.0207. The van der Waals surface area contributed by atoms with Gasteiger partial charge in [-0.2, -0.15) is 0 Å². The highest BCUT2D eigenvalue weighted by molar-refractivity contribution is 5.88. The van der Waals surface area contributed by atoms with Gasteiger partial charge in [0.2, 0.25) is 0 Å². The van der Waals surface area contributed by atoms with E-state index >= 15 is 0 Å². The van der Waals surface area contributed by atoms with Crippen molar-refractivity contribution in [1.29, 1.82) is 0 Å². The molecule has 0 saturated carbocycles. The normalized spacial score (nSPS) is 14.8. The maximum atomic E-state index is 12.5. The average Bonchev–Trinajstić information content (AvgIpc) is 2.18. The molecule has 0 radical (unpaired) electrons. The van der Waals surface area contributed by atoms with E-state index in [1.165, 1.54) is 0 Å². The molecule has 0 aromatic carbocycles. The van der Waals surface area contributed by atoms with Crippen LogP contribution in [0, 0.1) is 5.41 Å². The molecule has 3 nitrogen and oxygen atoms in total. The van der Waals surface area contributed by atoms with Gasteiger partial charge in [0.15, 0.2) is 5.78 Å². The van der Waals surface area contributed by atoms with Gasteiger partial charge in [0.1, 0.15) is 0 Å². The van der Waals surface area contributed by atoms with Crippen molar-refractivity contribution in [2.45, 2.75) is 72.4 Å². The summed E-state index contributed by atoms with van der Waals surface area (Å²) >= 11 is 0. The molecule has 0 aromatic rings. The molecule has 0 fully saturated rings. The minimum Gasteiger partial charge on any atom is -0.309 e. The van der Waals surface area contributed by atoms with Gasteiger partial charge in [-0.3, -0.25) is 4.79 Å². The van der Waals surface area contributed by atoms with Gasteiger partial charge in [-0.1, -0.05) is 27.2 Å². The lowest BCUT2D eigenvalue weighted by atomic mass is 9.84. The van der Waals surface area contributed by atoms with Crippen molar-refractivity contribution in [2.24, 2.45) is 5.41 Å². The van der Waals surface area contributed by atoms with Crippen LogP contribution in [0.25, 0.3) is 0 Å². The zero-order valence-corrected chi connectivity index (χ0v) is 14.3. The zero-order chi connectivity index (χ0) is 15.3. The number of hydrogen-bond donors (Lipinski definition) is 1. The van der Waals surface area contributed by atoms with Gasteiger partial charge in [0.05, 0.1) is 6.04 Å². The molecule has 3 heteroatoms. The van der Waals surface area contributed by atoms with Crippen LogP contribution in [0.2, 0.25) is 0 Å².